The van der Waals surface area contributed by atoms with Gasteiger partial charge in [-0.3, -0.25) is 0 Å². The molecule has 3 heteroatoms. The lowest BCUT2D eigenvalue weighted by molar-refractivity contribution is 0.662. The molecule has 0 unspecified atom stereocenters. The van der Waals surface area contributed by atoms with Crippen molar-refractivity contribution < 1.29 is 8.83 Å². The zero-order chi connectivity index (χ0) is 42.5. The molecule has 3 nitrogen and oxygen atoms in total. The number of nitrogens with zero attached hydrogens (tertiary/aromatic N) is 1. The number of fused-ring (bicyclic) bond motifs is 11. The molecule has 0 N–H and O–H groups in total. The molecule has 0 saturated heterocycles. The summed E-state index contributed by atoms with van der Waals surface area (Å²) in [5.74, 6) is 0. The lowest BCUT2D eigenvalue weighted by Gasteiger charge is -2.29. The van der Waals surface area contributed by atoms with Crippen LogP contribution in [0, 0.1) is 0 Å². The van der Waals surface area contributed by atoms with E-state index in [0.717, 1.165) is 88.6 Å². The lowest BCUT2D eigenvalue weighted by atomic mass is 9.79. The van der Waals surface area contributed by atoms with E-state index in [0.29, 0.717) is 0 Å². The molecule has 12 aromatic rings. The van der Waals surface area contributed by atoms with Crippen LogP contribution in [-0.4, -0.2) is 0 Å². The molecule has 0 spiro atoms. The van der Waals surface area contributed by atoms with Gasteiger partial charge in [-0.15, -0.1) is 0 Å². The Bertz CT molecular complexity index is 3810. The first kappa shape index (κ1) is 36.5. The fraction of sp³-hybridized carbons (Fsp3) is 0.0492. The quantitative estimate of drug-likeness (QED) is 0.167. The molecule has 2 aromatic heterocycles. The van der Waals surface area contributed by atoms with Crippen LogP contribution in [0.3, 0.4) is 0 Å². The van der Waals surface area contributed by atoms with Crippen molar-refractivity contribution in [1.29, 1.82) is 0 Å². The van der Waals surface area contributed by atoms with Crippen LogP contribution >= 0.6 is 0 Å². The summed E-state index contributed by atoms with van der Waals surface area (Å²) in [5.41, 5.74) is 19.1. The van der Waals surface area contributed by atoms with Crippen LogP contribution in [0.1, 0.15) is 25.0 Å². The average molecular weight is 820 g/mol. The van der Waals surface area contributed by atoms with Gasteiger partial charge < -0.3 is 13.7 Å². The Labute approximate surface area is 371 Å². The molecule has 0 atom stereocenters. The van der Waals surface area contributed by atoms with Crippen molar-refractivity contribution in [3.05, 3.63) is 223 Å². The van der Waals surface area contributed by atoms with Gasteiger partial charge in [-0.25, -0.2) is 0 Å². The van der Waals surface area contributed by atoms with Gasteiger partial charge in [0.25, 0.3) is 0 Å². The predicted octanol–water partition coefficient (Wildman–Crippen LogP) is 17.4. The average Bonchev–Trinajstić information content (AvgIpc) is 4.00. The second-order valence-corrected chi connectivity index (χ2v) is 17.6. The standard InChI is InChI=1S/C61H41NO2/c1-61(2)52-23-8-5-16-46(52)49-22-11-20-44(59(49)61)40-30-35-42(36-31-40)62(41-33-28-39(29-34-41)43-19-12-26-55-57(43)50-18-7-10-25-54(50)63-55)53-24-9-6-17-47(53)48-21-13-27-56-58(48)51-37-32-38-14-3-4-15-45(38)60(51)64-56/h3-37H,1-2H3. The van der Waals surface area contributed by atoms with Crippen molar-refractivity contribution in [2.75, 3.05) is 4.90 Å². The third-order valence-electron chi connectivity index (χ3n) is 13.7. The van der Waals surface area contributed by atoms with Crippen molar-refractivity contribution in [3.63, 3.8) is 0 Å². The Morgan fingerprint density at radius 2 is 0.906 bits per heavy atom. The third-order valence-corrected chi connectivity index (χ3v) is 13.7. The third kappa shape index (κ3) is 5.41. The van der Waals surface area contributed by atoms with E-state index in [4.69, 9.17) is 8.83 Å². The molecule has 13 rings (SSSR count). The first-order valence-corrected chi connectivity index (χ1v) is 22.1. The smallest absolute Gasteiger partial charge is 0.143 e. The Hall–Kier alpha value is -8.14. The summed E-state index contributed by atoms with van der Waals surface area (Å²) in [5, 5.41) is 6.77. The van der Waals surface area contributed by atoms with E-state index < -0.39 is 0 Å². The van der Waals surface area contributed by atoms with Gasteiger partial charge in [0, 0.05) is 49.3 Å². The van der Waals surface area contributed by atoms with Crippen LogP contribution < -0.4 is 4.90 Å². The van der Waals surface area contributed by atoms with E-state index >= 15 is 0 Å². The van der Waals surface area contributed by atoms with Crippen molar-refractivity contribution >= 4 is 71.7 Å². The van der Waals surface area contributed by atoms with E-state index in [-0.39, 0.29) is 5.41 Å². The number of furan rings is 2. The van der Waals surface area contributed by atoms with Crippen LogP contribution in [-0.2, 0) is 5.41 Å². The minimum atomic E-state index is -0.119. The van der Waals surface area contributed by atoms with E-state index in [9.17, 15) is 0 Å². The molecular weight excluding hydrogens is 779 g/mol. The summed E-state index contributed by atoms with van der Waals surface area (Å²) in [6, 6.07) is 76.6. The van der Waals surface area contributed by atoms with Gasteiger partial charge >= 0.3 is 0 Å². The number of rotatable bonds is 6. The summed E-state index contributed by atoms with van der Waals surface area (Å²) in [6.45, 7) is 4.72. The molecule has 64 heavy (non-hydrogen) atoms. The van der Waals surface area contributed by atoms with Gasteiger partial charge in [0.1, 0.15) is 22.3 Å². The van der Waals surface area contributed by atoms with Gasteiger partial charge in [-0.1, -0.05) is 172 Å². The highest BCUT2D eigenvalue weighted by atomic mass is 16.3. The maximum atomic E-state index is 6.71. The fourth-order valence-corrected chi connectivity index (χ4v) is 10.8. The van der Waals surface area contributed by atoms with Gasteiger partial charge in [0.05, 0.1) is 5.69 Å². The maximum absolute atomic E-state index is 6.71. The zero-order valence-electron chi connectivity index (χ0n) is 35.5. The summed E-state index contributed by atoms with van der Waals surface area (Å²) in [7, 11) is 0. The molecule has 0 saturated carbocycles. The molecule has 0 bridgehead atoms. The van der Waals surface area contributed by atoms with E-state index in [1.54, 1.807) is 0 Å². The number of benzene rings is 10. The highest BCUT2D eigenvalue weighted by molar-refractivity contribution is 6.20. The minimum Gasteiger partial charge on any atom is -0.456 e. The minimum absolute atomic E-state index is 0.119. The molecule has 1 aliphatic rings. The van der Waals surface area contributed by atoms with Crippen LogP contribution in [0.5, 0.6) is 0 Å². The highest BCUT2D eigenvalue weighted by Gasteiger charge is 2.37. The van der Waals surface area contributed by atoms with Crippen LogP contribution in [0.25, 0.3) is 99.2 Å². The van der Waals surface area contributed by atoms with Gasteiger partial charge in [-0.2, -0.15) is 0 Å². The Morgan fingerprint density at radius 1 is 0.359 bits per heavy atom. The first-order chi connectivity index (χ1) is 31.5. The van der Waals surface area contributed by atoms with Gasteiger partial charge in [0.15, 0.2) is 0 Å². The molecule has 302 valence electrons. The molecule has 2 heterocycles. The van der Waals surface area contributed by atoms with Crippen molar-refractivity contribution in [3.8, 4) is 44.5 Å². The molecule has 0 aliphatic heterocycles. The van der Waals surface area contributed by atoms with Gasteiger partial charge in [-0.05, 0) is 110 Å². The van der Waals surface area contributed by atoms with E-state index in [2.05, 4.69) is 219 Å². The lowest BCUT2D eigenvalue weighted by Crippen LogP contribution is -2.16. The van der Waals surface area contributed by atoms with Crippen LogP contribution in [0.2, 0.25) is 0 Å². The van der Waals surface area contributed by atoms with E-state index in [1.165, 1.54) is 38.8 Å². The topological polar surface area (TPSA) is 29.5 Å². The maximum Gasteiger partial charge on any atom is 0.143 e. The molecule has 1 aliphatic carbocycles. The second-order valence-electron chi connectivity index (χ2n) is 17.6. The van der Waals surface area contributed by atoms with E-state index in [1.807, 2.05) is 12.1 Å². The van der Waals surface area contributed by atoms with Crippen molar-refractivity contribution in [2.24, 2.45) is 0 Å². The number of para-hydroxylation sites is 2. The molecular formula is C61H41NO2. The van der Waals surface area contributed by atoms with Crippen molar-refractivity contribution in [1.82, 2.24) is 0 Å². The number of anilines is 3. The second kappa shape index (κ2) is 13.9. The predicted molar refractivity (Wildman–Crippen MR) is 267 cm³/mol. The normalized spacial score (nSPS) is 13.0. The fourth-order valence-electron chi connectivity index (χ4n) is 10.8. The molecule has 10 aromatic carbocycles. The summed E-state index contributed by atoms with van der Waals surface area (Å²) >= 11 is 0. The van der Waals surface area contributed by atoms with Crippen LogP contribution in [0.4, 0.5) is 17.1 Å². The zero-order valence-corrected chi connectivity index (χ0v) is 35.5. The summed E-state index contributed by atoms with van der Waals surface area (Å²) < 4.78 is 13.0. The summed E-state index contributed by atoms with van der Waals surface area (Å²) in [6.07, 6.45) is 0. The Kier molecular flexibility index (Phi) is 7.95. The number of hydrogen-bond acceptors (Lipinski definition) is 3. The van der Waals surface area contributed by atoms with Crippen LogP contribution in [0.15, 0.2) is 221 Å². The van der Waals surface area contributed by atoms with Crippen molar-refractivity contribution in [2.45, 2.75) is 19.3 Å². The SMILES string of the molecule is CC1(C)c2ccccc2-c2cccc(-c3ccc(N(c4ccc(-c5cccc6oc7ccccc7c56)cc4)c4ccccc4-c4cccc5oc6c7ccccc7ccc6c45)cc3)c21. The van der Waals surface area contributed by atoms with Gasteiger partial charge in [0.2, 0.25) is 0 Å². The molecule has 0 radical (unpaired) electrons. The first-order valence-electron chi connectivity index (χ1n) is 22.1. The number of hydrogen-bond donors (Lipinski definition) is 0. The molecule has 0 fully saturated rings. The Balaban J connectivity index is 0.985. The molecule has 0 amide bonds. The highest BCUT2D eigenvalue weighted by Crippen LogP contribution is 2.53. The monoisotopic (exact) mass is 819 g/mol. The summed E-state index contributed by atoms with van der Waals surface area (Å²) in [4.78, 5) is 2.41. The Morgan fingerprint density at radius 3 is 1.70 bits per heavy atom. The largest absolute Gasteiger partial charge is 0.456 e.